The van der Waals surface area contributed by atoms with Crippen LogP contribution < -0.4 is 5.32 Å². The Hall–Kier alpha value is -2.56. The summed E-state index contributed by atoms with van der Waals surface area (Å²) < 4.78 is 3.94. The maximum Gasteiger partial charge on any atom is 0.272 e. The molecule has 106 valence electrons. The van der Waals surface area contributed by atoms with Crippen molar-refractivity contribution in [2.45, 2.75) is 18.9 Å². The van der Waals surface area contributed by atoms with E-state index in [0.717, 1.165) is 29.7 Å². The molecule has 0 aliphatic heterocycles. The summed E-state index contributed by atoms with van der Waals surface area (Å²) in [4.78, 5) is 17.0. The number of pyridine rings is 1. The predicted octanol–water partition coefficient (Wildman–Crippen LogP) is 2.23. The second-order valence-corrected chi connectivity index (χ2v) is 5.55. The summed E-state index contributed by atoms with van der Waals surface area (Å²) in [5.74, 6) is 0.718. The Labute approximate surface area is 122 Å². The van der Waals surface area contributed by atoms with Gasteiger partial charge < -0.3 is 9.88 Å². The van der Waals surface area contributed by atoms with Crippen LogP contribution in [0.1, 0.15) is 23.3 Å². The first-order valence-electron chi connectivity index (χ1n) is 7.12. The fourth-order valence-electron chi connectivity index (χ4n) is 2.53. The van der Waals surface area contributed by atoms with Crippen LogP contribution in [0.3, 0.4) is 0 Å². The molecule has 4 rings (SSSR count). The van der Waals surface area contributed by atoms with E-state index < -0.39 is 0 Å². The second kappa shape index (κ2) is 4.48. The van der Waals surface area contributed by atoms with Crippen LogP contribution in [0.2, 0.25) is 0 Å². The third-order valence-corrected chi connectivity index (χ3v) is 3.77. The lowest BCUT2D eigenvalue weighted by Gasteiger charge is -2.00. The minimum Gasteiger partial charge on any atom is -0.357 e. The van der Waals surface area contributed by atoms with E-state index in [1.54, 1.807) is 0 Å². The normalized spacial score (nSPS) is 14.5. The van der Waals surface area contributed by atoms with E-state index >= 15 is 0 Å². The number of carbonyl (C=O) groups is 1. The van der Waals surface area contributed by atoms with Gasteiger partial charge in [-0.15, -0.1) is 0 Å². The summed E-state index contributed by atoms with van der Waals surface area (Å²) in [6.45, 7) is 0. The van der Waals surface area contributed by atoms with Crippen molar-refractivity contribution in [2.24, 2.45) is 7.05 Å². The van der Waals surface area contributed by atoms with Crippen LogP contribution in [-0.2, 0) is 7.05 Å². The van der Waals surface area contributed by atoms with Crippen molar-refractivity contribution in [3.8, 4) is 11.4 Å². The number of nitrogens with zero attached hydrogens (tertiary/aromatic N) is 3. The number of imidazole rings is 1. The Balaban J connectivity index is 1.85. The van der Waals surface area contributed by atoms with Crippen LogP contribution in [0.15, 0.2) is 42.9 Å². The van der Waals surface area contributed by atoms with Gasteiger partial charge in [0, 0.05) is 37.2 Å². The topological polar surface area (TPSA) is 51.3 Å². The van der Waals surface area contributed by atoms with Gasteiger partial charge in [-0.3, -0.25) is 9.20 Å². The number of aromatic nitrogens is 3. The molecule has 3 aromatic rings. The lowest BCUT2D eigenvalue weighted by atomic mass is 10.3. The molecule has 3 aromatic heterocycles. The molecule has 0 aromatic carbocycles. The first-order chi connectivity index (χ1) is 10.2. The van der Waals surface area contributed by atoms with Crippen molar-refractivity contribution in [2.75, 3.05) is 0 Å². The van der Waals surface area contributed by atoms with Gasteiger partial charge in [0.1, 0.15) is 5.82 Å². The first-order valence-corrected chi connectivity index (χ1v) is 7.12. The molecule has 1 aliphatic carbocycles. The Bertz CT molecular complexity index is 826. The summed E-state index contributed by atoms with van der Waals surface area (Å²) >= 11 is 0. The molecule has 0 atom stereocenters. The number of aryl methyl sites for hydroxylation is 1. The van der Waals surface area contributed by atoms with Gasteiger partial charge in [0.15, 0.2) is 5.69 Å². The summed E-state index contributed by atoms with van der Waals surface area (Å²) in [5, 5.41) is 3.01. The minimum atomic E-state index is -0.0802. The Kier molecular flexibility index (Phi) is 2.60. The van der Waals surface area contributed by atoms with E-state index in [2.05, 4.69) is 10.3 Å². The van der Waals surface area contributed by atoms with Crippen molar-refractivity contribution in [1.29, 1.82) is 0 Å². The van der Waals surface area contributed by atoms with Gasteiger partial charge in [0.25, 0.3) is 5.91 Å². The van der Waals surface area contributed by atoms with Crippen LogP contribution in [0.5, 0.6) is 0 Å². The molecular formula is C16H16N4O. The highest BCUT2D eigenvalue weighted by Gasteiger charge is 2.26. The van der Waals surface area contributed by atoms with Crippen LogP contribution in [0.25, 0.3) is 16.9 Å². The van der Waals surface area contributed by atoms with Crippen molar-refractivity contribution >= 4 is 11.4 Å². The van der Waals surface area contributed by atoms with Gasteiger partial charge in [-0.25, -0.2) is 4.98 Å². The number of rotatable bonds is 3. The van der Waals surface area contributed by atoms with E-state index in [1.807, 2.05) is 58.9 Å². The molecule has 0 bridgehead atoms. The van der Waals surface area contributed by atoms with Gasteiger partial charge >= 0.3 is 0 Å². The number of amides is 1. The minimum absolute atomic E-state index is 0.0802. The highest BCUT2D eigenvalue weighted by Crippen LogP contribution is 2.24. The average molecular weight is 280 g/mol. The smallest absolute Gasteiger partial charge is 0.272 e. The van der Waals surface area contributed by atoms with Crippen molar-refractivity contribution in [3.05, 3.63) is 48.5 Å². The molecule has 0 saturated heterocycles. The molecule has 0 radical (unpaired) electrons. The molecule has 0 spiro atoms. The van der Waals surface area contributed by atoms with Gasteiger partial charge in [-0.2, -0.15) is 0 Å². The van der Waals surface area contributed by atoms with Crippen molar-refractivity contribution < 1.29 is 4.79 Å². The van der Waals surface area contributed by atoms with E-state index in [9.17, 15) is 4.79 Å². The predicted molar refractivity (Wildman–Crippen MR) is 80.1 cm³/mol. The SMILES string of the molecule is Cn1ccc(-c2nc(C(=O)NC3CC3)c3ccccn23)c1. The highest BCUT2D eigenvalue weighted by atomic mass is 16.2. The highest BCUT2D eigenvalue weighted by molar-refractivity contribution is 6.00. The van der Waals surface area contributed by atoms with E-state index in [4.69, 9.17) is 0 Å². The van der Waals surface area contributed by atoms with Crippen LogP contribution >= 0.6 is 0 Å². The maximum absolute atomic E-state index is 12.4. The van der Waals surface area contributed by atoms with Crippen molar-refractivity contribution in [1.82, 2.24) is 19.3 Å². The summed E-state index contributed by atoms with van der Waals surface area (Å²) in [7, 11) is 1.97. The molecule has 1 N–H and O–H groups in total. The molecule has 5 nitrogen and oxygen atoms in total. The summed E-state index contributed by atoms with van der Waals surface area (Å²) in [5.41, 5.74) is 2.35. The van der Waals surface area contributed by atoms with Crippen LogP contribution in [0.4, 0.5) is 0 Å². The largest absolute Gasteiger partial charge is 0.357 e. The van der Waals surface area contributed by atoms with Crippen LogP contribution in [-0.4, -0.2) is 25.9 Å². The summed E-state index contributed by atoms with van der Waals surface area (Å²) in [6, 6.07) is 8.15. The molecule has 3 heterocycles. The number of hydrogen-bond acceptors (Lipinski definition) is 2. The zero-order chi connectivity index (χ0) is 14.4. The molecule has 1 aliphatic rings. The zero-order valence-electron chi connectivity index (χ0n) is 11.8. The second-order valence-electron chi connectivity index (χ2n) is 5.55. The number of fused-ring (bicyclic) bond motifs is 1. The number of hydrogen-bond donors (Lipinski definition) is 1. The molecule has 21 heavy (non-hydrogen) atoms. The van der Waals surface area contributed by atoms with E-state index in [1.165, 1.54) is 0 Å². The lowest BCUT2D eigenvalue weighted by molar-refractivity contribution is 0.0948. The van der Waals surface area contributed by atoms with Gasteiger partial charge in [-0.05, 0) is 31.0 Å². The van der Waals surface area contributed by atoms with Gasteiger partial charge in [0.05, 0.1) is 5.52 Å². The third-order valence-electron chi connectivity index (χ3n) is 3.77. The van der Waals surface area contributed by atoms with E-state index in [-0.39, 0.29) is 5.91 Å². The molecule has 5 heteroatoms. The monoisotopic (exact) mass is 280 g/mol. The molecule has 0 unspecified atom stereocenters. The maximum atomic E-state index is 12.4. The molecule has 1 saturated carbocycles. The Morgan fingerprint density at radius 3 is 2.86 bits per heavy atom. The van der Waals surface area contributed by atoms with Gasteiger partial charge in [-0.1, -0.05) is 6.07 Å². The fourth-order valence-corrected chi connectivity index (χ4v) is 2.53. The fraction of sp³-hybridized carbons (Fsp3) is 0.250. The number of nitrogens with one attached hydrogen (secondary N) is 1. The van der Waals surface area contributed by atoms with E-state index in [0.29, 0.717) is 11.7 Å². The Morgan fingerprint density at radius 1 is 1.29 bits per heavy atom. The molecular weight excluding hydrogens is 264 g/mol. The molecule has 1 amide bonds. The third kappa shape index (κ3) is 2.11. The Morgan fingerprint density at radius 2 is 2.14 bits per heavy atom. The summed E-state index contributed by atoms with van der Waals surface area (Å²) in [6.07, 6.45) is 8.07. The molecule has 1 fully saturated rings. The number of carbonyl (C=O) groups excluding carboxylic acids is 1. The quantitative estimate of drug-likeness (QED) is 0.800. The van der Waals surface area contributed by atoms with Crippen LogP contribution in [0, 0.1) is 0 Å². The zero-order valence-corrected chi connectivity index (χ0v) is 11.8. The first kappa shape index (κ1) is 12.2. The van der Waals surface area contributed by atoms with Gasteiger partial charge in [0.2, 0.25) is 0 Å². The standard InChI is InChI=1S/C16H16N4O/c1-19-9-7-11(10-19)15-18-14(16(21)17-12-5-6-12)13-4-2-3-8-20(13)15/h2-4,7-10,12H,5-6H2,1H3,(H,17,21). The lowest BCUT2D eigenvalue weighted by Crippen LogP contribution is -2.25. The average Bonchev–Trinajstić information content (AvgIpc) is 3.06. The van der Waals surface area contributed by atoms with Crippen molar-refractivity contribution in [3.63, 3.8) is 0 Å².